The maximum atomic E-state index is 12.2. The van der Waals surface area contributed by atoms with Crippen molar-refractivity contribution in [3.8, 4) is 17.0 Å². The Hall–Kier alpha value is -2.87. The number of hydrogen-bond acceptors (Lipinski definition) is 6. The predicted octanol–water partition coefficient (Wildman–Crippen LogP) is 2.52. The highest BCUT2D eigenvalue weighted by Gasteiger charge is 2.14. The number of nitrogens with one attached hydrogen (secondary N) is 1. The highest BCUT2D eigenvalue weighted by atomic mass is 32.1. The fourth-order valence-corrected chi connectivity index (χ4v) is 3.01. The molecule has 0 unspecified atom stereocenters. The second-order valence-corrected chi connectivity index (χ2v) is 5.90. The zero-order chi connectivity index (χ0) is 17.1. The van der Waals surface area contributed by atoms with Crippen molar-refractivity contribution >= 4 is 23.1 Å². The second-order valence-electron chi connectivity index (χ2n) is 5.08. The SMILES string of the molecule is COc1cccc(-c2csc(=O)n2CC(=O)Nc2cc(C)on2)c1. The average Bonchev–Trinajstić information content (AvgIpc) is 3.14. The number of rotatable bonds is 5. The standard InChI is InChI=1S/C16H15N3O4S/c1-10-6-14(18-23-10)17-15(20)8-19-13(9-24-16(19)21)11-4-3-5-12(7-11)22-2/h3-7,9H,8H2,1-2H3,(H,17,18,20). The van der Waals surface area contributed by atoms with Gasteiger partial charge in [-0.15, -0.1) is 0 Å². The van der Waals surface area contributed by atoms with Crippen molar-refractivity contribution in [1.29, 1.82) is 0 Å². The maximum Gasteiger partial charge on any atom is 0.308 e. The molecule has 7 nitrogen and oxygen atoms in total. The molecule has 2 heterocycles. The molecule has 0 saturated heterocycles. The van der Waals surface area contributed by atoms with Gasteiger partial charge in [0.05, 0.1) is 12.8 Å². The number of methoxy groups -OCH3 is 1. The minimum absolute atomic E-state index is 0.110. The molecule has 0 fully saturated rings. The van der Waals surface area contributed by atoms with Crippen molar-refractivity contribution in [2.45, 2.75) is 13.5 Å². The van der Waals surface area contributed by atoms with E-state index in [0.29, 0.717) is 23.0 Å². The van der Waals surface area contributed by atoms with Gasteiger partial charge in [-0.1, -0.05) is 28.6 Å². The largest absolute Gasteiger partial charge is 0.497 e. The van der Waals surface area contributed by atoms with Crippen LogP contribution in [0.25, 0.3) is 11.3 Å². The van der Waals surface area contributed by atoms with E-state index >= 15 is 0 Å². The number of ether oxygens (including phenoxy) is 1. The van der Waals surface area contributed by atoms with Gasteiger partial charge in [0.25, 0.3) is 0 Å². The number of hydrogen-bond donors (Lipinski definition) is 1. The normalized spacial score (nSPS) is 10.6. The summed E-state index contributed by atoms with van der Waals surface area (Å²) in [6.07, 6.45) is 0. The Labute approximate surface area is 141 Å². The third-order valence-electron chi connectivity index (χ3n) is 3.35. The molecule has 0 saturated carbocycles. The van der Waals surface area contributed by atoms with Crippen LogP contribution in [0.3, 0.4) is 0 Å². The lowest BCUT2D eigenvalue weighted by atomic mass is 10.1. The summed E-state index contributed by atoms with van der Waals surface area (Å²) < 4.78 is 11.5. The van der Waals surface area contributed by atoms with Gasteiger partial charge in [-0.2, -0.15) is 0 Å². The van der Waals surface area contributed by atoms with E-state index in [9.17, 15) is 9.59 Å². The van der Waals surface area contributed by atoms with Gasteiger partial charge in [-0.05, 0) is 19.1 Å². The van der Waals surface area contributed by atoms with Crippen LogP contribution < -0.4 is 14.9 Å². The Morgan fingerprint density at radius 2 is 2.25 bits per heavy atom. The molecule has 3 rings (SSSR count). The number of aryl methyl sites for hydroxylation is 1. The molecule has 1 aromatic carbocycles. The number of amides is 1. The number of anilines is 1. The Morgan fingerprint density at radius 1 is 1.42 bits per heavy atom. The molecule has 24 heavy (non-hydrogen) atoms. The summed E-state index contributed by atoms with van der Waals surface area (Å²) in [7, 11) is 1.58. The van der Waals surface area contributed by atoms with Gasteiger partial charge in [0, 0.05) is 17.0 Å². The van der Waals surface area contributed by atoms with E-state index in [1.165, 1.54) is 4.57 Å². The lowest BCUT2D eigenvalue weighted by Crippen LogP contribution is -2.25. The summed E-state index contributed by atoms with van der Waals surface area (Å²) in [4.78, 5) is 24.1. The van der Waals surface area contributed by atoms with Crippen molar-refractivity contribution in [2.75, 3.05) is 12.4 Å². The summed E-state index contributed by atoms with van der Waals surface area (Å²) in [5.41, 5.74) is 1.47. The monoisotopic (exact) mass is 345 g/mol. The van der Waals surface area contributed by atoms with Crippen LogP contribution in [-0.4, -0.2) is 22.7 Å². The quantitative estimate of drug-likeness (QED) is 0.768. The zero-order valence-corrected chi connectivity index (χ0v) is 13.9. The summed E-state index contributed by atoms with van der Waals surface area (Å²) in [6, 6.07) is 8.93. The number of aromatic nitrogens is 2. The summed E-state index contributed by atoms with van der Waals surface area (Å²) in [5, 5.41) is 8.04. The summed E-state index contributed by atoms with van der Waals surface area (Å²) in [6.45, 7) is 1.62. The highest BCUT2D eigenvalue weighted by molar-refractivity contribution is 7.07. The van der Waals surface area contributed by atoms with E-state index in [4.69, 9.17) is 9.26 Å². The molecule has 0 aliphatic carbocycles. The molecule has 0 bridgehead atoms. The molecule has 0 radical (unpaired) electrons. The van der Waals surface area contributed by atoms with Crippen molar-refractivity contribution in [2.24, 2.45) is 0 Å². The molecule has 0 atom stereocenters. The van der Waals surface area contributed by atoms with Crippen LogP contribution in [0, 0.1) is 6.92 Å². The minimum Gasteiger partial charge on any atom is -0.497 e. The third-order valence-corrected chi connectivity index (χ3v) is 4.11. The molecule has 2 aromatic heterocycles. The van der Waals surface area contributed by atoms with E-state index in [1.807, 2.05) is 24.3 Å². The number of carbonyl (C=O) groups is 1. The first-order chi connectivity index (χ1) is 11.6. The lowest BCUT2D eigenvalue weighted by molar-refractivity contribution is -0.116. The molecular formula is C16H15N3O4S. The molecule has 3 aromatic rings. The van der Waals surface area contributed by atoms with Crippen molar-refractivity contribution in [1.82, 2.24) is 9.72 Å². The summed E-state index contributed by atoms with van der Waals surface area (Å²) >= 11 is 1.04. The Balaban J connectivity index is 1.84. The summed E-state index contributed by atoms with van der Waals surface area (Å²) in [5.74, 6) is 1.24. The Morgan fingerprint density at radius 3 is 2.96 bits per heavy atom. The first-order valence-electron chi connectivity index (χ1n) is 7.13. The van der Waals surface area contributed by atoms with Crippen molar-refractivity contribution < 1.29 is 14.1 Å². The van der Waals surface area contributed by atoms with Crippen molar-refractivity contribution in [3.05, 3.63) is 51.1 Å². The smallest absolute Gasteiger partial charge is 0.308 e. The van der Waals surface area contributed by atoms with Crippen LogP contribution in [0.15, 0.2) is 45.0 Å². The topological polar surface area (TPSA) is 86.4 Å². The minimum atomic E-state index is -0.354. The van der Waals surface area contributed by atoms with Gasteiger partial charge >= 0.3 is 4.87 Å². The van der Waals surface area contributed by atoms with Gasteiger partial charge in [-0.25, -0.2) is 0 Å². The Bertz CT molecular complexity index is 925. The maximum absolute atomic E-state index is 12.2. The fraction of sp³-hybridized carbons (Fsp3) is 0.188. The van der Waals surface area contributed by atoms with Gasteiger partial charge in [0.1, 0.15) is 18.1 Å². The number of carbonyl (C=O) groups excluding carboxylic acids is 1. The molecule has 1 N–H and O–H groups in total. The molecule has 1 amide bonds. The van der Waals surface area contributed by atoms with E-state index in [0.717, 1.165) is 16.9 Å². The van der Waals surface area contributed by atoms with Crippen LogP contribution in [-0.2, 0) is 11.3 Å². The molecule has 0 aliphatic rings. The first-order valence-corrected chi connectivity index (χ1v) is 8.00. The molecule has 124 valence electrons. The fourth-order valence-electron chi connectivity index (χ4n) is 2.24. The van der Waals surface area contributed by atoms with Crippen LogP contribution in [0.5, 0.6) is 5.75 Å². The molecular weight excluding hydrogens is 330 g/mol. The third kappa shape index (κ3) is 3.38. The molecule has 0 aliphatic heterocycles. The van der Waals surface area contributed by atoms with Gasteiger partial charge < -0.3 is 14.6 Å². The number of thiazole rings is 1. The number of nitrogens with zero attached hydrogens (tertiary/aromatic N) is 2. The average molecular weight is 345 g/mol. The van der Waals surface area contributed by atoms with Crippen LogP contribution in [0.2, 0.25) is 0 Å². The van der Waals surface area contributed by atoms with E-state index < -0.39 is 0 Å². The number of benzene rings is 1. The van der Waals surface area contributed by atoms with Crippen LogP contribution in [0.1, 0.15) is 5.76 Å². The van der Waals surface area contributed by atoms with Gasteiger partial charge in [0.2, 0.25) is 5.91 Å². The highest BCUT2D eigenvalue weighted by Crippen LogP contribution is 2.24. The van der Waals surface area contributed by atoms with E-state index in [-0.39, 0.29) is 17.3 Å². The lowest BCUT2D eigenvalue weighted by Gasteiger charge is -2.08. The molecule has 8 heteroatoms. The second kappa shape index (κ2) is 6.71. The van der Waals surface area contributed by atoms with E-state index in [1.54, 1.807) is 25.5 Å². The van der Waals surface area contributed by atoms with Crippen LogP contribution >= 0.6 is 11.3 Å². The van der Waals surface area contributed by atoms with Crippen LogP contribution in [0.4, 0.5) is 5.82 Å². The predicted molar refractivity (Wildman–Crippen MR) is 90.4 cm³/mol. The van der Waals surface area contributed by atoms with Crippen molar-refractivity contribution in [3.63, 3.8) is 0 Å². The van der Waals surface area contributed by atoms with Gasteiger partial charge in [-0.3, -0.25) is 14.2 Å². The first kappa shape index (κ1) is 16.0. The zero-order valence-electron chi connectivity index (χ0n) is 13.1. The molecule has 0 spiro atoms. The van der Waals surface area contributed by atoms with E-state index in [2.05, 4.69) is 10.5 Å². The van der Waals surface area contributed by atoms with Gasteiger partial charge in [0.15, 0.2) is 5.82 Å². The Kier molecular flexibility index (Phi) is 4.48.